The molecule has 21 heavy (non-hydrogen) atoms. The van der Waals surface area contributed by atoms with Gasteiger partial charge in [0.1, 0.15) is 11.3 Å². The van der Waals surface area contributed by atoms with Gasteiger partial charge in [0.25, 0.3) is 0 Å². The summed E-state index contributed by atoms with van der Waals surface area (Å²) in [7, 11) is 1.76. The van der Waals surface area contributed by atoms with Crippen molar-refractivity contribution in [3.05, 3.63) is 35.6 Å². The standard InChI is InChI=1S/C18H27NO2/c1-5-9-14(12-20-4)19-13(3)18-15(6-2)16-10-7-8-11-17(16)21-18/h7-8,10-11,13-14,19H,5-6,9,12H2,1-4H3. The largest absolute Gasteiger partial charge is 0.459 e. The number of hydrogen-bond acceptors (Lipinski definition) is 3. The van der Waals surface area contributed by atoms with Crippen molar-refractivity contribution >= 4 is 11.0 Å². The van der Waals surface area contributed by atoms with Gasteiger partial charge in [-0.1, -0.05) is 38.5 Å². The first-order chi connectivity index (χ1) is 10.2. The molecule has 0 saturated heterocycles. The third kappa shape index (κ3) is 3.66. The highest BCUT2D eigenvalue weighted by Crippen LogP contribution is 2.30. The molecule has 0 spiro atoms. The maximum Gasteiger partial charge on any atom is 0.134 e. The van der Waals surface area contributed by atoms with Gasteiger partial charge in [-0.15, -0.1) is 0 Å². The van der Waals surface area contributed by atoms with Gasteiger partial charge in [-0.25, -0.2) is 0 Å². The quantitative estimate of drug-likeness (QED) is 0.779. The first-order valence-corrected chi connectivity index (χ1v) is 7.96. The van der Waals surface area contributed by atoms with E-state index in [1.54, 1.807) is 7.11 Å². The lowest BCUT2D eigenvalue weighted by Crippen LogP contribution is -2.35. The first kappa shape index (κ1) is 16.1. The molecule has 1 N–H and O–H groups in total. The van der Waals surface area contributed by atoms with Gasteiger partial charge in [0.05, 0.1) is 12.6 Å². The van der Waals surface area contributed by atoms with Gasteiger partial charge >= 0.3 is 0 Å². The summed E-state index contributed by atoms with van der Waals surface area (Å²) in [6.07, 6.45) is 3.25. The minimum atomic E-state index is 0.194. The van der Waals surface area contributed by atoms with E-state index < -0.39 is 0 Å². The van der Waals surface area contributed by atoms with Crippen LogP contribution in [0.2, 0.25) is 0 Å². The van der Waals surface area contributed by atoms with E-state index in [0.717, 1.165) is 37.2 Å². The number of rotatable bonds is 8. The fraction of sp³-hybridized carbons (Fsp3) is 0.556. The molecule has 0 amide bonds. The van der Waals surface area contributed by atoms with Gasteiger partial charge in [0.2, 0.25) is 0 Å². The summed E-state index contributed by atoms with van der Waals surface area (Å²) < 4.78 is 11.4. The molecule has 1 heterocycles. The molecule has 1 aromatic heterocycles. The molecule has 0 aliphatic carbocycles. The SMILES string of the molecule is CCCC(COC)NC(C)c1oc2ccccc2c1CC. The van der Waals surface area contributed by atoms with Gasteiger partial charge in [-0.3, -0.25) is 0 Å². The monoisotopic (exact) mass is 289 g/mol. The van der Waals surface area contributed by atoms with E-state index in [1.807, 2.05) is 12.1 Å². The Morgan fingerprint density at radius 2 is 2.00 bits per heavy atom. The van der Waals surface area contributed by atoms with Crippen LogP contribution in [0.25, 0.3) is 11.0 Å². The minimum Gasteiger partial charge on any atom is -0.459 e. The summed E-state index contributed by atoms with van der Waals surface area (Å²) in [5, 5.41) is 4.89. The lowest BCUT2D eigenvalue weighted by atomic mass is 10.0. The Morgan fingerprint density at radius 1 is 1.24 bits per heavy atom. The number of hydrogen-bond donors (Lipinski definition) is 1. The van der Waals surface area contributed by atoms with Gasteiger partial charge in [-0.2, -0.15) is 0 Å². The lowest BCUT2D eigenvalue weighted by Gasteiger charge is -2.22. The summed E-state index contributed by atoms with van der Waals surface area (Å²) in [5.74, 6) is 1.07. The second kappa shape index (κ2) is 7.62. The average molecular weight is 289 g/mol. The summed E-state index contributed by atoms with van der Waals surface area (Å²) >= 11 is 0. The Balaban J connectivity index is 2.23. The van der Waals surface area contributed by atoms with Crippen LogP contribution in [-0.4, -0.2) is 19.8 Å². The molecule has 2 unspecified atom stereocenters. The highest BCUT2D eigenvalue weighted by Gasteiger charge is 2.20. The third-order valence-corrected chi connectivity index (χ3v) is 3.97. The number of nitrogens with one attached hydrogen (secondary N) is 1. The van der Waals surface area contributed by atoms with Crippen molar-refractivity contribution in [3.8, 4) is 0 Å². The molecule has 0 fully saturated rings. The molecule has 2 atom stereocenters. The summed E-state index contributed by atoms with van der Waals surface area (Å²) in [4.78, 5) is 0. The molecule has 0 saturated carbocycles. The zero-order valence-electron chi connectivity index (χ0n) is 13.6. The second-order valence-corrected chi connectivity index (χ2v) is 5.62. The van der Waals surface area contributed by atoms with Crippen LogP contribution in [0.15, 0.2) is 28.7 Å². The number of fused-ring (bicyclic) bond motifs is 1. The predicted molar refractivity (Wildman–Crippen MR) is 87.7 cm³/mol. The van der Waals surface area contributed by atoms with Gasteiger partial charge in [0.15, 0.2) is 0 Å². The molecule has 116 valence electrons. The van der Waals surface area contributed by atoms with Crippen LogP contribution >= 0.6 is 0 Å². The Bertz CT molecular complexity index is 555. The van der Waals surface area contributed by atoms with Crippen LogP contribution in [0, 0.1) is 0 Å². The van der Waals surface area contributed by atoms with Gasteiger partial charge in [-0.05, 0) is 25.8 Å². The molecule has 0 aliphatic rings. The zero-order valence-corrected chi connectivity index (χ0v) is 13.6. The van der Waals surface area contributed by atoms with Crippen molar-refractivity contribution in [1.82, 2.24) is 5.32 Å². The number of methoxy groups -OCH3 is 1. The lowest BCUT2D eigenvalue weighted by molar-refractivity contribution is 0.155. The van der Waals surface area contributed by atoms with Crippen molar-refractivity contribution in [2.75, 3.05) is 13.7 Å². The fourth-order valence-corrected chi connectivity index (χ4v) is 3.03. The Labute approximate surface area is 127 Å². The van der Waals surface area contributed by atoms with Gasteiger partial charge in [0, 0.05) is 24.1 Å². The van der Waals surface area contributed by atoms with Crippen molar-refractivity contribution in [3.63, 3.8) is 0 Å². The van der Waals surface area contributed by atoms with Crippen LogP contribution in [-0.2, 0) is 11.2 Å². The Kier molecular flexibility index (Phi) is 5.83. The van der Waals surface area contributed by atoms with E-state index in [-0.39, 0.29) is 6.04 Å². The Morgan fingerprint density at radius 3 is 2.67 bits per heavy atom. The normalized spacial score (nSPS) is 14.5. The summed E-state index contributed by atoms with van der Waals surface area (Å²) in [6, 6.07) is 8.85. The highest BCUT2D eigenvalue weighted by atomic mass is 16.5. The van der Waals surface area contributed by atoms with E-state index in [0.29, 0.717) is 6.04 Å². The van der Waals surface area contributed by atoms with E-state index in [1.165, 1.54) is 10.9 Å². The van der Waals surface area contributed by atoms with Crippen LogP contribution in [0.3, 0.4) is 0 Å². The molecule has 3 nitrogen and oxygen atoms in total. The number of aryl methyl sites for hydroxylation is 1. The van der Waals surface area contributed by atoms with Crippen molar-refractivity contribution < 1.29 is 9.15 Å². The van der Waals surface area contributed by atoms with Crippen LogP contribution in [0.4, 0.5) is 0 Å². The zero-order chi connectivity index (χ0) is 15.2. The molecule has 3 heteroatoms. The van der Waals surface area contributed by atoms with Crippen LogP contribution in [0.5, 0.6) is 0 Å². The molecular formula is C18H27NO2. The van der Waals surface area contributed by atoms with Crippen LogP contribution < -0.4 is 5.32 Å². The minimum absolute atomic E-state index is 0.194. The maximum absolute atomic E-state index is 6.11. The van der Waals surface area contributed by atoms with E-state index >= 15 is 0 Å². The predicted octanol–water partition coefficient (Wildman–Crippen LogP) is 4.46. The summed E-state index contributed by atoms with van der Waals surface area (Å²) in [6.45, 7) is 7.30. The summed E-state index contributed by atoms with van der Waals surface area (Å²) in [5.41, 5.74) is 2.30. The average Bonchev–Trinajstić information content (AvgIpc) is 2.86. The topological polar surface area (TPSA) is 34.4 Å². The van der Waals surface area contributed by atoms with Crippen molar-refractivity contribution in [1.29, 1.82) is 0 Å². The third-order valence-electron chi connectivity index (χ3n) is 3.97. The molecule has 2 rings (SSSR count). The van der Waals surface area contributed by atoms with Gasteiger partial charge < -0.3 is 14.5 Å². The molecule has 2 aromatic rings. The fourth-order valence-electron chi connectivity index (χ4n) is 3.03. The molecule has 1 aromatic carbocycles. The smallest absolute Gasteiger partial charge is 0.134 e. The first-order valence-electron chi connectivity index (χ1n) is 7.96. The molecule has 0 bridgehead atoms. The van der Waals surface area contributed by atoms with E-state index in [2.05, 4.69) is 38.2 Å². The number of ether oxygens (including phenoxy) is 1. The van der Waals surface area contributed by atoms with Crippen molar-refractivity contribution in [2.24, 2.45) is 0 Å². The molecule has 0 radical (unpaired) electrons. The number of furan rings is 1. The highest BCUT2D eigenvalue weighted by molar-refractivity contribution is 5.82. The molecule has 0 aliphatic heterocycles. The van der Waals surface area contributed by atoms with Crippen molar-refractivity contribution in [2.45, 2.75) is 52.1 Å². The number of para-hydroxylation sites is 1. The van der Waals surface area contributed by atoms with E-state index in [4.69, 9.17) is 9.15 Å². The maximum atomic E-state index is 6.11. The van der Waals surface area contributed by atoms with Crippen LogP contribution in [0.1, 0.15) is 51.0 Å². The van der Waals surface area contributed by atoms with E-state index in [9.17, 15) is 0 Å². The number of benzene rings is 1. The molecular weight excluding hydrogens is 262 g/mol. The second-order valence-electron chi connectivity index (χ2n) is 5.62. The Hall–Kier alpha value is -1.32.